The van der Waals surface area contributed by atoms with Crippen molar-refractivity contribution in [3.8, 4) is 0 Å². The Hall–Kier alpha value is -0.650. The van der Waals surface area contributed by atoms with Crippen LogP contribution in [0.1, 0.15) is 33.6 Å². The SMILES string of the molecule is CNC(C)(COC1CC(C)OC(C)C1)C(=O)OC. The number of rotatable bonds is 5. The molecule has 18 heavy (non-hydrogen) atoms. The molecule has 0 radical (unpaired) electrons. The first kappa shape index (κ1) is 15.4. The highest BCUT2D eigenvalue weighted by atomic mass is 16.5. The van der Waals surface area contributed by atoms with Crippen molar-refractivity contribution >= 4 is 5.97 Å². The molecule has 0 aromatic carbocycles. The van der Waals surface area contributed by atoms with Crippen molar-refractivity contribution in [3.05, 3.63) is 0 Å². The van der Waals surface area contributed by atoms with Crippen LogP contribution in [0.15, 0.2) is 0 Å². The van der Waals surface area contributed by atoms with E-state index in [4.69, 9.17) is 14.2 Å². The van der Waals surface area contributed by atoms with Gasteiger partial charge in [0.2, 0.25) is 0 Å². The highest BCUT2D eigenvalue weighted by Crippen LogP contribution is 2.22. The number of carbonyl (C=O) groups is 1. The average molecular weight is 259 g/mol. The fourth-order valence-electron chi connectivity index (χ4n) is 2.22. The Labute approximate surface area is 109 Å². The van der Waals surface area contributed by atoms with Crippen LogP contribution in [0, 0.1) is 0 Å². The van der Waals surface area contributed by atoms with E-state index in [1.807, 2.05) is 13.8 Å². The minimum Gasteiger partial charge on any atom is -0.468 e. The first-order valence-corrected chi connectivity index (χ1v) is 6.45. The standard InChI is InChI=1S/C13H25NO4/c1-9-6-11(7-10(2)18-9)17-8-13(3,14-4)12(15)16-5/h9-11,14H,6-8H2,1-5H3. The predicted molar refractivity (Wildman–Crippen MR) is 68.5 cm³/mol. The molecule has 0 saturated carbocycles. The van der Waals surface area contributed by atoms with Crippen LogP contribution >= 0.6 is 0 Å². The molecule has 3 unspecified atom stereocenters. The van der Waals surface area contributed by atoms with Gasteiger partial charge in [-0.3, -0.25) is 0 Å². The first-order valence-electron chi connectivity index (χ1n) is 6.45. The summed E-state index contributed by atoms with van der Waals surface area (Å²) >= 11 is 0. The molecule has 1 N–H and O–H groups in total. The third-order valence-corrected chi connectivity index (χ3v) is 3.45. The smallest absolute Gasteiger partial charge is 0.328 e. The summed E-state index contributed by atoms with van der Waals surface area (Å²) in [5, 5.41) is 2.96. The highest BCUT2D eigenvalue weighted by molar-refractivity contribution is 5.80. The van der Waals surface area contributed by atoms with Crippen LogP contribution in [0.2, 0.25) is 0 Å². The number of methoxy groups -OCH3 is 1. The van der Waals surface area contributed by atoms with Crippen LogP contribution in [0.25, 0.3) is 0 Å². The van der Waals surface area contributed by atoms with Gasteiger partial charge in [0.1, 0.15) is 5.54 Å². The Kier molecular flexibility index (Phi) is 5.56. The first-order chi connectivity index (χ1) is 8.41. The lowest BCUT2D eigenvalue weighted by molar-refractivity contribution is -0.154. The van der Waals surface area contributed by atoms with E-state index in [1.165, 1.54) is 7.11 Å². The summed E-state index contributed by atoms with van der Waals surface area (Å²) in [6, 6.07) is 0. The molecule has 1 heterocycles. The summed E-state index contributed by atoms with van der Waals surface area (Å²) < 4.78 is 16.3. The van der Waals surface area contributed by atoms with Crippen LogP contribution < -0.4 is 5.32 Å². The highest BCUT2D eigenvalue weighted by Gasteiger charge is 2.35. The Morgan fingerprint density at radius 3 is 2.39 bits per heavy atom. The van der Waals surface area contributed by atoms with Crippen LogP contribution in [0.5, 0.6) is 0 Å². The van der Waals surface area contributed by atoms with Gasteiger partial charge in [-0.1, -0.05) is 0 Å². The van der Waals surface area contributed by atoms with Crippen LogP contribution in [0.3, 0.4) is 0 Å². The topological polar surface area (TPSA) is 56.8 Å². The number of likely N-dealkylation sites (N-methyl/N-ethyl adjacent to an activating group) is 1. The van der Waals surface area contributed by atoms with Gasteiger partial charge in [-0.15, -0.1) is 0 Å². The van der Waals surface area contributed by atoms with E-state index in [-0.39, 0.29) is 24.3 Å². The molecule has 0 amide bonds. The summed E-state index contributed by atoms with van der Waals surface area (Å²) in [6.07, 6.45) is 2.29. The lowest BCUT2D eigenvalue weighted by atomic mass is 10.0. The van der Waals surface area contributed by atoms with Crippen molar-refractivity contribution < 1.29 is 19.0 Å². The molecule has 1 rings (SSSR count). The molecular formula is C13H25NO4. The zero-order chi connectivity index (χ0) is 13.8. The Morgan fingerprint density at radius 1 is 1.39 bits per heavy atom. The fourth-order valence-corrected chi connectivity index (χ4v) is 2.22. The van der Waals surface area contributed by atoms with Gasteiger partial charge in [-0.2, -0.15) is 0 Å². The molecule has 5 heteroatoms. The summed E-state index contributed by atoms with van der Waals surface area (Å²) in [5.41, 5.74) is -0.792. The van der Waals surface area contributed by atoms with Gasteiger partial charge < -0.3 is 19.5 Å². The number of esters is 1. The number of nitrogens with one attached hydrogen (secondary N) is 1. The molecule has 0 aliphatic carbocycles. The third kappa shape index (κ3) is 3.93. The summed E-state index contributed by atoms with van der Waals surface area (Å²) in [5.74, 6) is -0.307. The van der Waals surface area contributed by atoms with Crippen molar-refractivity contribution in [2.24, 2.45) is 0 Å². The second-order valence-corrected chi connectivity index (χ2v) is 5.24. The van der Waals surface area contributed by atoms with Crippen LogP contribution in [-0.2, 0) is 19.0 Å². The zero-order valence-corrected chi connectivity index (χ0v) is 12.0. The maximum absolute atomic E-state index is 11.7. The molecule has 1 fully saturated rings. The molecular weight excluding hydrogens is 234 g/mol. The van der Waals surface area contributed by atoms with Gasteiger partial charge in [0.25, 0.3) is 0 Å². The average Bonchev–Trinajstić information content (AvgIpc) is 2.33. The van der Waals surface area contributed by atoms with Gasteiger partial charge in [0, 0.05) is 0 Å². The van der Waals surface area contributed by atoms with E-state index in [0.29, 0.717) is 6.61 Å². The maximum atomic E-state index is 11.7. The molecule has 1 aliphatic heterocycles. The van der Waals surface area contributed by atoms with E-state index in [0.717, 1.165) is 12.8 Å². The monoisotopic (exact) mass is 259 g/mol. The molecule has 106 valence electrons. The Bertz CT molecular complexity index is 274. The summed E-state index contributed by atoms with van der Waals surface area (Å²) in [7, 11) is 3.12. The second-order valence-electron chi connectivity index (χ2n) is 5.24. The predicted octanol–water partition coefficient (Wildman–Crippen LogP) is 1.11. The molecule has 0 aromatic rings. The third-order valence-electron chi connectivity index (χ3n) is 3.45. The zero-order valence-electron chi connectivity index (χ0n) is 12.0. The van der Waals surface area contributed by atoms with E-state index in [1.54, 1.807) is 14.0 Å². The largest absolute Gasteiger partial charge is 0.468 e. The number of ether oxygens (including phenoxy) is 3. The minimum absolute atomic E-state index is 0.140. The van der Waals surface area contributed by atoms with Gasteiger partial charge >= 0.3 is 5.97 Å². The molecule has 0 spiro atoms. The minimum atomic E-state index is -0.792. The lowest BCUT2D eigenvalue weighted by Crippen LogP contribution is -2.53. The van der Waals surface area contributed by atoms with E-state index in [9.17, 15) is 4.79 Å². The fraction of sp³-hybridized carbons (Fsp3) is 0.923. The summed E-state index contributed by atoms with van der Waals surface area (Å²) in [6.45, 7) is 6.18. The Balaban J connectivity index is 2.50. The van der Waals surface area contributed by atoms with Crippen molar-refractivity contribution in [1.29, 1.82) is 0 Å². The molecule has 1 saturated heterocycles. The van der Waals surface area contributed by atoms with E-state index < -0.39 is 5.54 Å². The molecule has 5 nitrogen and oxygen atoms in total. The maximum Gasteiger partial charge on any atom is 0.328 e. The van der Waals surface area contributed by atoms with E-state index in [2.05, 4.69) is 5.32 Å². The lowest BCUT2D eigenvalue weighted by Gasteiger charge is -2.34. The molecule has 3 atom stereocenters. The second kappa shape index (κ2) is 6.50. The number of hydrogen-bond donors (Lipinski definition) is 1. The van der Waals surface area contributed by atoms with Gasteiger partial charge in [-0.05, 0) is 40.7 Å². The van der Waals surface area contributed by atoms with Crippen molar-refractivity contribution in [2.45, 2.75) is 57.5 Å². The quantitative estimate of drug-likeness (QED) is 0.750. The number of carbonyl (C=O) groups excluding carboxylic acids is 1. The van der Waals surface area contributed by atoms with Gasteiger partial charge in [-0.25, -0.2) is 4.79 Å². The summed E-state index contributed by atoms with van der Waals surface area (Å²) in [4.78, 5) is 11.7. The molecule has 0 bridgehead atoms. The van der Waals surface area contributed by atoms with Crippen LogP contribution in [-0.4, -0.2) is 50.6 Å². The van der Waals surface area contributed by atoms with Gasteiger partial charge in [0.05, 0.1) is 32.0 Å². The van der Waals surface area contributed by atoms with Crippen LogP contribution in [0.4, 0.5) is 0 Å². The Morgan fingerprint density at radius 2 is 1.94 bits per heavy atom. The molecule has 0 aromatic heterocycles. The van der Waals surface area contributed by atoms with Crippen molar-refractivity contribution in [1.82, 2.24) is 5.32 Å². The van der Waals surface area contributed by atoms with Gasteiger partial charge in [0.15, 0.2) is 0 Å². The number of hydrogen-bond acceptors (Lipinski definition) is 5. The molecule has 1 aliphatic rings. The van der Waals surface area contributed by atoms with Crippen molar-refractivity contribution in [3.63, 3.8) is 0 Å². The van der Waals surface area contributed by atoms with E-state index >= 15 is 0 Å². The normalized spacial score (nSPS) is 31.7. The van der Waals surface area contributed by atoms with Crippen molar-refractivity contribution in [2.75, 3.05) is 20.8 Å².